The second-order valence-electron chi connectivity index (χ2n) is 5.63. The summed E-state index contributed by atoms with van der Waals surface area (Å²) in [6.07, 6.45) is 4.22. The van der Waals surface area contributed by atoms with Crippen LogP contribution >= 0.6 is 15.9 Å². The summed E-state index contributed by atoms with van der Waals surface area (Å²) in [6, 6.07) is 5.11. The van der Waals surface area contributed by atoms with Crippen LogP contribution in [0.5, 0.6) is 0 Å². The average Bonchev–Trinajstić information content (AvgIpc) is 3.09. The molecule has 0 amide bonds. The number of rotatable bonds is 4. The van der Waals surface area contributed by atoms with Crippen molar-refractivity contribution in [3.05, 3.63) is 51.0 Å². The number of benzene rings is 1. The molecule has 7 nitrogen and oxygen atoms in total. The number of hydrogen-bond acceptors (Lipinski definition) is 5. The topological polar surface area (TPSA) is 95.3 Å². The summed E-state index contributed by atoms with van der Waals surface area (Å²) in [4.78, 5) is 19.9. The van der Waals surface area contributed by atoms with Crippen LogP contribution in [0.1, 0.15) is 24.8 Å². The standard InChI is InChI=1S/C15H17BrN4O3/c16-11-1-2-12(13(9-11)20(22)23)19-7-3-10(4-8-19)14(21)15-17-5-6-18-15/h1-2,5-6,9-10,14,21H,3-4,7-8H2,(H,17,18). The molecule has 0 aliphatic carbocycles. The lowest BCUT2D eigenvalue weighted by atomic mass is 9.90. The molecule has 0 saturated carbocycles. The number of piperidine rings is 1. The van der Waals surface area contributed by atoms with Crippen LogP contribution in [0.4, 0.5) is 11.4 Å². The molecule has 1 aromatic heterocycles. The maximum atomic E-state index is 11.3. The Kier molecular flexibility index (Phi) is 4.63. The summed E-state index contributed by atoms with van der Waals surface area (Å²) >= 11 is 3.27. The van der Waals surface area contributed by atoms with Gasteiger partial charge >= 0.3 is 0 Å². The van der Waals surface area contributed by atoms with Crippen molar-refractivity contribution in [2.75, 3.05) is 18.0 Å². The number of aromatic amines is 1. The first kappa shape index (κ1) is 15.9. The molecule has 1 aliphatic rings. The summed E-state index contributed by atoms with van der Waals surface area (Å²) in [5.74, 6) is 0.685. The molecular formula is C15H17BrN4O3. The Morgan fingerprint density at radius 3 is 2.78 bits per heavy atom. The smallest absolute Gasteiger partial charge is 0.293 e. The van der Waals surface area contributed by atoms with E-state index in [4.69, 9.17) is 0 Å². The third kappa shape index (κ3) is 3.37. The Morgan fingerprint density at radius 1 is 1.43 bits per heavy atom. The normalized spacial score (nSPS) is 17.2. The number of nitro benzene ring substituents is 1. The molecule has 2 heterocycles. The number of hydrogen-bond donors (Lipinski definition) is 2. The molecule has 0 bridgehead atoms. The van der Waals surface area contributed by atoms with Crippen molar-refractivity contribution in [2.45, 2.75) is 18.9 Å². The van der Waals surface area contributed by atoms with Crippen LogP contribution < -0.4 is 4.90 Å². The van der Waals surface area contributed by atoms with Crippen molar-refractivity contribution in [1.29, 1.82) is 0 Å². The van der Waals surface area contributed by atoms with Gasteiger partial charge in [-0.2, -0.15) is 0 Å². The van der Waals surface area contributed by atoms with Gasteiger partial charge in [0.1, 0.15) is 17.6 Å². The molecule has 1 fully saturated rings. The quantitative estimate of drug-likeness (QED) is 0.627. The minimum atomic E-state index is -0.618. The molecule has 2 aromatic rings. The Balaban J connectivity index is 1.71. The van der Waals surface area contributed by atoms with Gasteiger partial charge in [-0.3, -0.25) is 10.1 Å². The molecule has 122 valence electrons. The number of aliphatic hydroxyl groups excluding tert-OH is 1. The monoisotopic (exact) mass is 380 g/mol. The molecular weight excluding hydrogens is 364 g/mol. The van der Waals surface area contributed by atoms with Gasteiger partial charge in [0.05, 0.1) is 4.92 Å². The summed E-state index contributed by atoms with van der Waals surface area (Å²) in [6.45, 7) is 1.34. The van der Waals surface area contributed by atoms with E-state index in [1.54, 1.807) is 18.5 Å². The zero-order valence-electron chi connectivity index (χ0n) is 12.4. The van der Waals surface area contributed by atoms with E-state index in [0.717, 1.165) is 12.8 Å². The van der Waals surface area contributed by atoms with Crippen LogP contribution in [0.3, 0.4) is 0 Å². The van der Waals surface area contributed by atoms with Crippen LogP contribution in [-0.4, -0.2) is 33.1 Å². The van der Waals surface area contributed by atoms with Crippen LogP contribution in [0, 0.1) is 16.0 Å². The van der Waals surface area contributed by atoms with Crippen LogP contribution in [0.25, 0.3) is 0 Å². The average molecular weight is 381 g/mol. The number of nitrogens with one attached hydrogen (secondary N) is 1. The lowest BCUT2D eigenvalue weighted by Gasteiger charge is -2.34. The largest absolute Gasteiger partial charge is 0.385 e. The number of nitro groups is 1. The third-order valence-corrected chi connectivity index (χ3v) is 4.75. The van der Waals surface area contributed by atoms with Crippen molar-refractivity contribution < 1.29 is 10.0 Å². The highest BCUT2D eigenvalue weighted by Gasteiger charge is 2.30. The number of anilines is 1. The first-order chi connectivity index (χ1) is 11.1. The first-order valence-electron chi connectivity index (χ1n) is 7.42. The summed E-state index contributed by atoms with van der Waals surface area (Å²) in [5.41, 5.74) is 0.730. The maximum Gasteiger partial charge on any atom is 0.293 e. The predicted octanol–water partition coefficient (Wildman–Crippen LogP) is 3.03. The fraction of sp³-hybridized carbons (Fsp3) is 0.400. The molecule has 1 atom stereocenters. The highest BCUT2D eigenvalue weighted by Crippen LogP contribution is 2.36. The van der Waals surface area contributed by atoms with Crippen LogP contribution in [-0.2, 0) is 0 Å². The molecule has 23 heavy (non-hydrogen) atoms. The van der Waals surface area contributed by atoms with E-state index in [1.807, 2.05) is 11.0 Å². The van der Waals surface area contributed by atoms with Crippen molar-refractivity contribution in [2.24, 2.45) is 5.92 Å². The van der Waals surface area contributed by atoms with E-state index >= 15 is 0 Å². The highest BCUT2D eigenvalue weighted by atomic mass is 79.9. The summed E-state index contributed by atoms with van der Waals surface area (Å²) < 4.78 is 0.691. The Bertz CT molecular complexity index is 684. The molecule has 0 radical (unpaired) electrons. The predicted molar refractivity (Wildman–Crippen MR) is 89.3 cm³/mol. The first-order valence-corrected chi connectivity index (χ1v) is 8.22. The van der Waals surface area contributed by atoms with Gasteiger partial charge in [-0.05, 0) is 30.9 Å². The number of H-pyrrole nitrogens is 1. The minimum absolute atomic E-state index is 0.101. The van der Waals surface area contributed by atoms with Crippen LogP contribution in [0.15, 0.2) is 35.1 Å². The Labute approximate surface area is 141 Å². The van der Waals surface area contributed by atoms with Crippen molar-refractivity contribution >= 4 is 27.3 Å². The van der Waals surface area contributed by atoms with Crippen LogP contribution in [0.2, 0.25) is 0 Å². The Hall–Kier alpha value is -1.93. The zero-order valence-corrected chi connectivity index (χ0v) is 13.9. The molecule has 2 N–H and O–H groups in total. The lowest BCUT2D eigenvalue weighted by molar-refractivity contribution is -0.384. The molecule has 1 saturated heterocycles. The molecule has 3 rings (SSSR count). The van der Waals surface area contributed by atoms with Gasteiger partial charge in [-0.25, -0.2) is 4.98 Å². The lowest BCUT2D eigenvalue weighted by Crippen LogP contribution is -2.36. The van der Waals surface area contributed by atoms with Gasteiger partial charge in [0.2, 0.25) is 0 Å². The molecule has 1 unspecified atom stereocenters. The number of aromatic nitrogens is 2. The van der Waals surface area contributed by atoms with Gasteiger partial charge in [0.25, 0.3) is 5.69 Å². The van der Waals surface area contributed by atoms with E-state index in [1.165, 1.54) is 6.07 Å². The highest BCUT2D eigenvalue weighted by molar-refractivity contribution is 9.10. The number of aliphatic hydroxyl groups is 1. The fourth-order valence-corrected chi connectivity index (χ4v) is 3.38. The van der Waals surface area contributed by atoms with E-state index < -0.39 is 6.10 Å². The van der Waals surface area contributed by atoms with Gasteiger partial charge < -0.3 is 15.0 Å². The zero-order chi connectivity index (χ0) is 16.4. The van der Waals surface area contributed by atoms with Crippen molar-refractivity contribution in [1.82, 2.24) is 9.97 Å². The van der Waals surface area contributed by atoms with Crippen molar-refractivity contribution in [3.8, 4) is 0 Å². The minimum Gasteiger partial charge on any atom is -0.385 e. The number of imidazole rings is 1. The second kappa shape index (κ2) is 6.67. The molecule has 8 heteroatoms. The molecule has 0 spiro atoms. The second-order valence-corrected chi connectivity index (χ2v) is 6.55. The SMILES string of the molecule is O=[N+]([O-])c1cc(Br)ccc1N1CCC(C(O)c2ncc[nH]2)CC1. The van der Waals surface area contributed by atoms with Crippen molar-refractivity contribution in [3.63, 3.8) is 0 Å². The maximum absolute atomic E-state index is 11.3. The summed E-state index contributed by atoms with van der Waals surface area (Å²) in [5, 5.41) is 21.6. The fourth-order valence-electron chi connectivity index (χ4n) is 3.03. The third-order valence-electron chi connectivity index (χ3n) is 4.26. The molecule has 1 aromatic carbocycles. The van der Waals surface area contributed by atoms with Gasteiger partial charge in [-0.1, -0.05) is 15.9 Å². The number of nitrogens with zero attached hydrogens (tertiary/aromatic N) is 3. The van der Waals surface area contributed by atoms with Gasteiger partial charge in [0.15, 0.2) is 0 Å². The van der Waals surface area contributed by atoms with E-state index in [-0.39, 0.29) is 16.5 Å². The molecule has 1 aliphatic heterocycles. The summed E-state index contributed by atoms with van der Waals surface area (Å²) in [7, 11) is 0. The van der Waals surface area contributed by atoms with E-state index in [2.05, 4.69) is 25.9 Å². The van der Waals surface area contributed by atoms with E-state index in [9.17, 15) is 15.2 Å². The Morgan fingerprint density at radius 2 is 2.17 bits per heavy atom. The van der Waals surface area contributed by atoms with Gasteiger partial charge in [0, 0.05) is 36.0 Å². The number of halogens is 1. The van der Waals surface area contributed by atoms with Gasteiger partial charge in [-0.15, -0.1) is 0 Å². The van der Waals surface area contributed by atoms with E-state index in [0.29, 0.717) is 29.1 Å².